The van der Waals surface area contributed by atoms with Gasteiger partial charge in [0.15, 0.2) is 0 Å². The summed E-state index contributed by atoms with van der Waals surface area (Å²) in [6.45, 7) is 0.559. The summed E-state index contributed by atoms with van der Waals surface area (Å²) in [4.78, 5) is 20.9. The first-order valence-electron chi connectivity index (χ1n) is 10.6. The van der Waals surface area contributed by atoms with Crippen LogP contribution in [0.3, 0.4) is 0 Å². The van der Waals surface area contributed by atoms with Crippen LogP contribution in [0.2, 0.25) is 0 Å². The van der Waals surface area contributed by atoms with Crippen molar-refractivity contribution in [3.8, 4) is 28.5 Å². The Labute approximate surface area is 205 Å². The number of aromatic nitrogens is 2. The fourth-order valence-electron chi connectivity index (χ4n) is 4.25. The summed E-state index contributed by atoms with van der Waals surface area (Å²) in [5.41, 5.74) is 3.77. The summed E-state index contributed by atoms with van der Waals surface area (Å²) in [6, 6.07) is 14.6. The molecule has 172 valence electrons. The third kappa shape index (κ3) is 3.47. The summed E-state index contributed by atoms with van der Waals surface area (Å²) in [5.74, 6) is 0.640. The maximum atomic E-state index is 14.4. The van der Waals surface area contributed by atoms with E-state index in [1.165, 1.54) is 16.7 Å². The number of hydrogen-bond acceptors (Lipinski definition) is 5. The van der Waals surface area contributed by atoms with Crippen molar-refractivity contribution in [2.24, 2.45) is 0 Å². The van der Waals surface area contributed by atoms with E-state index in [0.717, 1.165) is 11.3 Å². The van der Waals surface area contributed by atoms with Crippen LogP contribution in [-0.4, -0.2) is 29.5 Å². The number of methoxy groups -OCH3 is 1. The first-order valence-corrected chi connectivity index (χ1v) is 12.9. The van der Waals surface area contributed by atoms with Gasteiger partial charge in [0.25, 0.3) is 0 Å². The molecule has 4 bridgehead atoms. The van der Waals surface area contributed by atoms with Crippen molar-refractivity contribution < 1.29 is 39.9 Å². The Kier molecular flexibility index (Phi) is 5.13. The molecule has 0 radical (unpaired) electrons. The Morgan fingerprint density at radius 2 is 2.06 bits per heavy atom. The molecule has 5 heterocycles. The van der Waals surface area contributed by atoms with Gasteiger partial charge in [-0.3, -0.25) is 0 Å². The van der Waals surface area contributed by atoms with Crippen molar-refractivity contribution in [1.82, 2.24) is 15.3 Å². The molecule has 1 atom stereocenters. The van der Waals surface area contributed by atoms with Crippen LogP contribution in [-0.2, 0) is 0 Å². The third-order valence-corrected chi connectivity index (χ3v) is 9.05. The number of ether oxygens (including phenoxy) is 2. The molecule has 0 saturated heterocycles. The second-order valence-corrected chi connectivity index (χ2v) is 11.2. The van der Waals surface area contributed by atoms with Gasteiger partial charge in [0.1, 0.15) is 0 Å². The van der Waals surface area contributed by atoms with Crippen LogP contribution in [0.15, 0.2) is 60.9 Å². The summed E-state index contributed by atoms with van der Waals surface area (Å²) in [5, 5.41) is 6.34. The molecule has 0 unspecified atom stereocenters. The van der Waals surface area contributed by atoms with Crippen LogP contribution in [0.1, 0.15) is 20.0 Å². The van der Waals surface area contributed by atoms with Crippen molar-refractivity contribution in [2.75, 3.05) is 19.0 Å². The zero-order valence-electron chi connectivity index (χ0n) is 18.0. The van der Waals surface area contributed by atoms with Gasteiger partial charge in [0.05, 0.1) is 0 Å². The SMILES string of the molecule is COc1c(F)cccc1Nc1c2[nH]c3c1C(=O)NC[C@H]3[I-]c1ccc(cc1)Oc1cnccc1-2. The minimum atomic E-state index is -0.494. The fraction of sp³-hybridized carbons (Fsp3) is 0.120. The zero-order chi connectivity index (χ0) is 23.2. The molecule has 3 aliphatic heterocycles. The molecule has 34 heavy (non-hydrogen) atoms. The van der Waals surface area contributed by atoms with Gasteiger partial charge in [-0.15, -0.1) is 0 Å². The molecule has 0 saturated carbocycles. The number of H-pyrrole nitrogens is 1. The van der Waals surface area contributed by atoms with E-state index in [0.29, 0.717) is 40.7 Å². The van der Waals surface area contributed by atoms with Crippen LogP contribution in [0.25, 0.3) is 11.3 Å². The van der Waals surface area contributed by atoms with Crippen molar-refractivity contribution in [3.05, 3.63) is 81.6 Å². The first kappa shape index (κ1) is 21.0. The maximum absolute atomic E-state index is 14.4. The van der Waals surface area contributed by atoms with Gasteiger partial charge in [-0.1, -0.05) is 0 Å². The minimum absolute atomic E-state index is 0.0743. The average Bonchev–Trinajstić information content (AvgIpc) is 3.22. The molecule has 0 spiro atoms. The van der Waals surface area contributed by atoms with E-state index >= 15 is 0 Å². The molecule has 4 aromatic rings. The topological polar surface area (TPSA) is 88.3 Å². The Morgan fingerprint density at radius 1 is 1.21 bits per heavy atom. The molecular formula is C25H19FIN4O3-. The van der Waals surface area contributed by atoms with Gasteiger partial charge in [-0.2, -0.15) is 0 Å². The quantitative estimate of drug-likeness (QED) is 0.259. The van der Waals surface area contributed by atoms with Gasteiger partial charge in [0, 0.05) is 0 Å². The number of fused-ring (bicyclic) bond motifs is 2. The molecule has 1 amide bonds. The Balaban J connectivity index is 1.61. The van der Waals surface area contributed by atoms with Gasteiger partial charge in [-0.05, 0) is 0 Å². The third-order valence-electron chi connectivity index (χ3n) is 5.79. The van der Waals surface area contributed by atoms with Crippen LogP contribution in [0.5, 0.6) is 17.2 Å². The number of aromatic amines is 1. The number of nitrogens with zero attached hydrogens (tertiary/aromatic N) is 1. The average molecular weight is 569 g/mol. The molecule has 2 aromatic carbocycles. The predicted molar refractivity (Wildman–Crippen MR) is 121 cm³/mol. The number of hydrogen-bond donors (Lipinski definition) is 3. The first-order chi connectivity index (χ1) is 16.6. The van der Waals surface area contributed by atoms with E-state index in [9.17, 15) is 9.18 Å². The van der Waals surface area contributed by atoms with Gasteiger partial charge < -0.3 is 0 Å². The number of carbonyl (C=O) groups is 1. The Morgan fingerprint density at radius 3 is 2.88 bits per heavy atom. The molecule has 2 aromatic heterocycles. The number of nitrogens with one attached hydrogen (secondary N) is 3. The zero-order valence-corrected chi connectivity index (χ0v) is 20.1. The number of carbonyl (C=O) groups excluding carboxylic acids is 1. The number of amides is 1. The Hall–Kier alpha value is -3.60. The van der Waals surface area contributed by atoms with Crippen LogP contribution in [0, 0.1) is 9.39 Å². The van der Waals surface area contributed by atoms with Crippen LogP contribution >= 0.6 is 0 Å². The number of halogens is 2. The standard InChI is InChI=1S/C25H19FIN4O3/c1-33-24-16(26)3-2-4-18(24)30-23-20-22-17(11-29-25(20)32)27-13-5-7-14(8-6-13)34-19-12-28-10-9-15(19)21(23)31-22/h2-10,12,17,30-31H,11H2,1H3,(H,29,32)/q-1/t17-/m1/s1. The van der Waals surface area contributed by atoms with E-state index in [4.69, 9.17) is 9.47 Å². The molecule has 3 N–H and O–H groups in total. The van der Waals surface area contributed by atoms with E-state index in [1.54, 1.807) is 24.5 Å². The fourth-order valence-corrected chi connectivity index (χ4v) is 7.12. The van der Waals surface area contributed by atoms with Gasteiger partial charge in [-0.25, -0.2) is 0 Å². The molecule has 0 aliphatic carbocycles. The summed E-state index contributed by atoms with van der Waals surface area (Å²) >= 11 is -0.466. The van der Waals surface area contributed by atoms with E-state index in [-0.39, 0.29) is 15.6 Å². The molecule has 0 fully saturated rings. The summed E-state index contributed by atoms with van der Waals surface area (Å²) in [7, 11) is 1.42. The number of alkyl halides is 1. The van der Waals surface area contributed by atoms with Crippen molar-refractivity contribution >= 4 is 17.3 Å². The van der Waals surface area contributed by atoms with Crippen molar-refractivity contribution in [3.63, 3.8) is 0 Å². The molecular weight excluding hydrogens is 550 g/mol. The monoisotopic (exact) mass is 569 g/mol. The van der Waals surface area contributed by atoms with Crippen molar-refractivity contribution in [2.45, 2.75) is 3.92 Å². The van der Waals surface area contributed by atoms with Gasteiger partial charge >= 0.3 is 205 Å². The summed E-state index contributed by atoms with van der Waals surface area (Å²) in [6.07, 6.45) is 3.32. The van der Waals surface area contributed by atoms with E-state index < -0.39 is 27.0 Å². The van der Waals surface area contributed by atoms with Crippen LogP contribution < -0.4 is 41.3 Å². The second-order valence-electron chi connectivity index (χ2n) is 7.82. The number of pyridine rings is 1. The van der Waals surface area contributed by atoms with Crippen LogP contribution in [0.4, 0.5) is 15.8 Å². The summed E-state index contributed by atoms with van der Waals surface area (Å²) < 4.78 is 27.3. The predicted octanol–water partition coefficient (Wildman–Crippen LogP) is 1.82. The molecule has 7 rings (SSSR count). The number of benzene rings is 2. The number of anilines is 2. The normalized spacial score (nSPS) is 16.2. The molecule has 3 aliphatic rings. The van der Waals surface area contributed by atoms with E-state index in [2.05, 4.69) is 32.7 Å². The van der Waals surface area contributed by atoms with Gasteiger partial charge in [0.2, 0.25) is 0 Å². The molecule has 9 heteroatoms. The molecule has 7 nitrogen and oxygen atoms in total. The van der Waals surface area contributed by atoms with Crippen molar-refractivity contribution in [1.29, 1.82) is 0 Å². The number of rotatable bonds is 3. The van der Waals surface area contributed by atoms with E-state index in [1.807, 2.05) is 18.2 Å². The second kappa shape index (κ2) is 8.32. The Bertz CT molecular complexity index is 1420. The number of para-hydroxylation sites is 1.